The Labute approximate surface area is 173 Å². The maximum absolute atomic E-state index is 12.5. The first kappa shape index (κ1) is 20.8. The number of Topliss-reactive ketones (excluding diaryl/α,β-unsaturated/α-hetero) is 1. The van der Waals surface area contributed by atoms with Crippen molar-refractivity contribution >= 4 is 17.7 Å². The molecule has 0 aliphatic heterocycles. The number of esters is 1. The Hall–Kier alpha value is -3.88. The minimum atomic E-state index is -0.635. The Balaban J connectivity index is 1.55. The lowest BCUT2D eigenvalue weighted by Crippen LogP contribution is -2.21. The molecule has 0 saturated carbocycles. The van der Waals surface area contributed by atoms with Crippen LogP contribution < -0.4 is 5.32 Å². The van der Waals surface area contributed by atoms with E-state index in [0.717, 1.165) is 18.4 Å². The van der Waals surface area contributed by atoms with Crippen molar-refractivity contribution < 1.29 is 19.1 Å². The predicted molar refractivity (Wildman–Crippen MR) is 107 cm³/mol. The SMILES string of the molecule is CC(=O)NCCCc1ccc(C(=O)COC(=O)c2ccccc2-n2cnnn2)cc1. The predicted octanol–water partition coefficient (Wildman–Crippen LogP) is 1.77. The highest BCUT2D eigenvalue weighted by molar-refractivity contribution is 6.00. The molecule has 0 unspecified atom stereocenters. The van der Waals surface area contributed by atoms with E-state index >= 15 is 0 Å². The van der Waals surface area contributed by atoms with Gasteiger partial charge in [0.2, 0.25) is 5.91 Å². The number of ketones is 1. The Morgan fingerprint density at radius 2 is 1.83 bits per heavy atom. The van der Waals surface area contributed by atoms with Crippen LogP contribution in [-0.4, -0.2) is 51.0 Å². The molecular weight excluding hydrogens is 386 g/mol. The molecule has 154 valence electrons. The number of amides is 1. The molecule has 3 aromatic rings. The molecule has 30 heavy (non-hydrogen) atoms. The molecule has 2 aromatic carbocycles. The zero-order valence-electron chi connectivity index (χ0n) is 16.4. The first-order valence-electron chi connectivity index (χ1n) is 9.40. The molecule has 3 rings (SSSR count). The van der Waals surface area contributed by atoms with Crippen LogP contribution in [0, 0.1) is 0 Å². The summed E-state index contributed by atoms with van der Waals surface area (Å²) in [6.07, 6.45) is 2.97. The van der Waals surface area contributed by atoms with Crippen molar-refractivity contribution in [1.82, 2.24) is 25.5 Å². The smallest absolute Gasteiger partial charge is 0.340 e. The van der Waals surface area contributed by atoms with Crippen molar-refractivity contribution in [2.24, 2.45) is 0 Å². The second kappa shape index (κ2) is 10.1. The Morgan fingerprint density at radius 3 is 2.53 bits per heavy atom. The average molecular weight is 407 g/mol. The lowest BCUT2D eigenvalue weighted by atomic mass is 10.1. The summed E-state index contributed by atoms with van der Waals surface area (Å²) in [5, 5.41) is 13.6. The fraction of sp³-hybridized carbons (Fsp3) is 0.238. The normalized spacial score (nSPS) is 10.4. The second-order valence-electron chi connectivity index (χ2n) is 6.55. The van der Waals surface area contributed by atoms with Gasteiger partial charge in [-0.1, -0.05) is 36.4 Å². The molecule has 9 nitrogen and oxygen atoms in total. The van der Waals surface area contributed by atoms with Crippen LogP contribution in [-0.2, 0) is 16.0 Å². The van der Waals surface area contributed by atoms with Gasteiger partial charge in [0, 0.05) is 19.0 Å². The van der Waals surface area contributed by atoms with E-state index in [0.29, 0.717) is 17.8 Å². The summed E-state index contributed by atoms with van der Waals surface area (Å²) in [5.74, 6) is -0.983. The summed E-state index contributed by atoms with van der Waals surface area (Å²) < 4.78 is 6.55. The summed E-state index contributed by atoms with van der Waals surface area (Å²) in [6, 6.07) is 13.8. The third kappa shape index (κ3) is 5.57. The molecule has 0 saturated heterocycles. The molecule has 1 N–H and O–H groups in total. The number of carbonyl (C=O) groups is 3. The van der Waals surface area contributed by atoms with Crippen molar-refractivity contribution in [3.63, 3.8) is 0 Å². The van der Waals surface area contributed by atoms with Gasteiger partial charge in [0.1, 0.15) is 6.33 Å². The monoisotopic (exact) mass is 407 g/mol. The molecule has 1 aromatic heterocycles. The molecule has 1 amide bonds. The van der Waals surface area contributed by atoms with Crippen LogP contribution in [0.3, 0.4) is 0 Å². The topological polar surface area (TPSA) is 116 Å². The molecule has 0 aliphatic carbocycles. The number of tetrazole rings is 1. The van der Waals surface area contributed by atoms with Gasteiger partial charge in [0.05, 0.1) is 11.3 Å². The van der Waals surface area contributed by atoms with E-state index in [1.807, 2.05) is 12.1 Å². The van der Waals surface area contributed by atoms with Crippen LogP contribution in [0.2, 0.25) is 0 Å². The molecule has 0 fully saturated rings. The molecule has 0 bridgehead atoms. The Bertz CT molecular complexity index is 1020. The fourth-order valence-corrected chi connectivity index (χ4v) is 2.82. The number of benzene rings is 2. The van der Waals surface area contributed by atoms with Gasteiger partial charge < -0.3 is 10.1 Å². The van der Waals surface area contributed by atoms with Crippen molar-refractivity contribution in [2.45, 2.75) is 19.8 Å². The zero-order chi connectivity index (χ0) is 21.3. The lowest BCUT2D eigenvalue weighted by molar-refractivity contribution is -0.118. The molecule has 1 heterocycles. The first-order chi connectivity index (χ1) is 14.5. The van der Waals surface area contributed by atoms with Gasteiger partial charge in [0.15, 0.2) is 12.4 Å². The maximum atomic E-state index is 12.5. The minimum absolute atomic E-state index is 0.0499. The number of rotatable bonds is 9. The van der Waals surface area contributed by atoms with Crippen LogP contribution in [0.1, 0.15) is 39.6 Å². The van der Waals surface area contributed by atoms with E-state index in [1.54, 1.807) is 36.4 Å². The number of hydrogen-bond acceptors (Lipinski definition) is 7. The van der Waals surface area contributed by atoms with Gasteiger partial charge in [0.25, 0.3) is 0 Å². The van der Waals surface area contributed by atoms with Gasteiger partial charge in [-0.05, 0) is 41.0 Å². The Morgan fingerprint density at radius 1 is 1.07 bits per heavy atom. The summed E-state index contributed by atoms with van der Waals surface area (Å²) in [6.45, 7) is 1.72. The summed E-state index contributed by atoms with van der Waals surface area (Å²) in [5.41, 5.74) is 2.24. The quantitative estimate of drug-likeness (QED) is 0.326. The highest BCUT2D eigenvalue weighted by Crippen LogP contribution is 2.14. The van der Waals surface area contributed by atoms with Crippen LogP contribution in [0.5, 0.6) is 0 Å². The lowest BCUT2D eigenvalue weighted by Gasteiger charge is -2.09. The number of para-hydroxylation sites is 1. The molecule has 0 atom stereocenters. The van der Waals surface area contributed by atoms with Crippen molar-refractivity contribution in [2.75, 3.05) is 13.2 Å². The third-order valence-corrected chi connectivity index (χ3v) is 4.35. The number of carbonyl (C=O) groups excluding carboxylic acids is 3. The standard InChI is InChI=1S/C21H21N5O4/c1-15(27)22-12-4-5-16-8-10-17(11-9-16)20(28)13-30-21(29)18-6-2-3-7-19(18)26-14-23-24-25-26/h2-3,6-11,14H,4-5,12-13H2,1H3,(H,22,27). The van der Waals surface area contributed by atoms with E-state index in [9.17, 15) is 14.4 Å². The van der Waals surface area contributed by atoms with Gasteiger partial charge in [-0.15, -0.1) is 5.10 Å². The van der Waals surface area contributed by atoms with Gasteiger partial charge in [-0.3, -0.25) is 9.59 Å². The number of hydrogen-bond donors (Lipinski definition) is 1. The molecule has 0 aliphatic rings. The van der Waals surface area contributed by atoms with Gasteiger partial charge >= 0.3 is 5.97 Å². The summed E-state index contributed by atoms with van der Waals surface area (Å²) in [7, 11) is 0. The minimum Gasteiger partial charge on any atom is -0.454 e. The maximum Gasteiger partial charge on any atom is 0.340 e. The van der Waals surface area contributed by atoms with Crippen molar-refractivity contribution in [3.05, 3.63) is 71.5 Å². The summed E-state index contributed by atoms with van der Waals surface area (Å²) >= 11 is 0. The molecule has 0 spiro atoms. The largest absolute Gasteiger partial charge is 0.454 e. The number of aryl methyl sites for hydroxylation is 1. The number of nitrogens with one attached hydrogen (secondary N) is 1. The van der Waals surface area contributed by atoms with Gasteiger partial charge in [-0.2, -0.15) is 4.68 Å². The number of nitrogens with zero attached hydrogens (tertiary/aromatic N) is 4. The van der Waals surface area contributed by atoms with Crippen LogP contribution in [0.15, 0.2) is 54.9 Å². The number of ether oxygens (including phenoxy) is 1. The average Bonchev–Trinajstić information content (AvgIpc) is 3.30. The third-order valence-electron chi connectivity index (χ3n) is 4.35. The van der Waals surface area contributed by atoms with Crippen LogP contribution in [0.25, 0.3) is 5.69 Å². The molecule has 9 heteroatoms. The van der Waals surface area contributed by atoms with E-state index < -0.39 is 5.97 Å². The van der Waals surface area contributed by atoms with Crippen LogP contribution >= 0.6 is 0 Å². The van der Waals surface area contributed by atoms with Gasteiger partial charge in [-0.25, -0.2) is 4.79 Å². The zero-order valence-corrected chi connectivity index (χ0v) is 16.4. The first-order valence-corrected chi connectivity index (χ1v) is 9.40. The Kier molecular flexibility index (Phi) is 6.99. The van der Waals surface area contributed by atoms with Crippen molar-refractivity contribution in [3.8, 4) is 5.69 Å². The highest BCUT2D eigenvalue weighted by Gasteiger charge is 2.16. The van der Waals surface area contributed by atoms with Crippen LogP contribution in [0.4, 0.5) is 0 Å². The molecular formula is C21H21N5O4. The van der Waals surface area contributed by atoms with E-state index in [-0.39, 0.29) is 23.9 Å². The van der Waals surface area contributed by atoms with E-state index in [4.69, 9.17) is 4.74 Å². The number of aromatic nitrogens is 4. The molecule has 0 radical (unpaired) electrons. The van der Waals surface area contributed by atoms with E-state index in [1.165, 1.54) is 17.9 Å². The second-order valence-corrected chi connectivity index (χ2v) is 6.55. The summed E-state index contributed by atoms with van der Waals surface area (Å²) in [4.78, 5) is 35.7. The van der Waals surface area contributed by atoms with Crippen molar-refractivity contribution in [1.29, 1.82) is 0 Å². The van der Waals surface area contributed by atoms with E-state index in [2.05, 4.69) is 20.8 Å². The fourth-order valence-electron chi connectivity index (χ4n) is 2.82. The highest BCUT2D eigenvalue weighted by atomic mass is 16.5.